The zero-order valence-corrected chi connectivity index (χ0v) is 11.8. The Morgan fingerprint density at radius 2 is 1.73 bits per heavy atom. The van der Waals surface area contributed by atoms with Gasteiger partial charge in [-0.2, -0.15) is 0 Å². The third-order valence-corrected chi connectivity index (χ3v) is 3.59. The summed E-state index contributed by atoms with van der Waals surface area (Å²) in [5, 5.41) is 3.35. The number of nitrogens with one attached hydrogen (secondary N) is 1. The maximum atomic E-state index is 12.1. The monoisotopic (exact) mass is 309 g/mol. The number of methoxy groups -OCH3 is 1. The third kappa shape index (κ3) is 3.10. The second-order valence-electron chi connectivity index (χ2n) is 5.04. The van der Waals surface area contributed by atoms with E-state index < -0.39 is 6.36 Å². The van der Waals surface area contributed by atoms with Gasteiger partial charge in [0.05, 0.1) is 13.2 Å². The summed E-state index contributed by atoms with van der Waals surface area (Å²) in [7, 11) is 1.60. The molecule has 1 aliphatic heterocycles. The number of hydrogen-bond donors (Lipinski definition) is 1. The Morgan fingerprint density at radius 1 is 1.05 bits per heavy atom. The maximum absolute atomic E-state index is 12.1. The summed E-state index contributed by atoms with van der Waals surface area (Å²) in [6, 6.07) is 11.8. The molecule has 1 unspecified atom stereocenters. The molecule has 3 nitrogen and oxygen atoms in total. The largest absolute Gasteiger partial charge is 0.573 e. The fourth-order valence-corrected chi connectivity index (χ4v) is 2.56. The Hall–Kier alpha value is -2.37. The summed E-state index contributed by atoms with van der Waals surface area (Å²) in [5.41, 5.74) is 3.05. The molecule has 0 aliphatic carbocycles. The van der Waals surface area contributed by atoms with Crippen LogP contribution in [0.15, 0.2) is 42.5 Å². The summed E-state index contributed by atoms with van der Waals surface area (Å²) < 4.78 is 45.5. The smallest absolute Gasteiger partial charge is 0.497 e. The van der Waals surface area contributed by atoms with Gasteiger partial charge in [-0.05, 0) is 35.7 Å². The van der Waals surface area contributed by atoms with E-state index in [1.54, 1.807) is 19.2 Å². The van der Waals surface area contributed by atoms with Gasteiger partial charge >= 0.3 is 6.36 Å². The van der Waals surface area contributed by atoms with Crippen LogP contribution in [0.4, 0.5) is 18.9 Å². The first kappa shape index (κ1) is 14.6. The molecule has 0 bridgehead atoms. The van der Waals surface area contributed by atoms with Crippen molar-refractivity contribution in [2.24, 2.45) is 0 Å². The number of anilines is 1. The van der Waals surface area contributed by atoms with E-state index in [1.807, 2.05) is 18.2 Å². The second kappa shape index (κ2) is 5.44. The van der Waals surface area contributed by atoms with Gasteiger partial charge in [0.2, 0.25) is 0 Å². The van der Waals surface area contributed by atoms with Crippen LogP contribution in [0.3, 0.4) is 0 Å². The Labute approximate surface area is 125 Å². The van der Waals surface area contributed by atoms with Crippen molar-refractivity contribution in [3.8, 4) is 11.5 Å². The summed E-state index contributed by atoms with van der Waals surface area (Å²) >= 11 is 0. The van der Waals surface area contributed by atoms with Crippen molar-refractivity contribution in [3.63, 3.8) is 0 Å². The van der Waals surface area contributed by atoms with Crippen LogP contribution in [-0.2, 0) is 6.42 Å². The van der Waals surface area contributed by atoms with Crippen molar-refractivity contribution in [3.05, 3.63) is 53.6 Å². The Bertz CT molecular complexity index is 668. The molecular formula is C16H14F3NO2. The van der Waals surface area contributed by atoms with E-state index in [9.17, 15) is 13.2 Å². The zero-order chi connectivity index (χ0) is 15.7. The highest BCUT2D eigenvalue weighted by atomic mass is 19.4. The van der Waals surface area contributed by atoms with E-state index in [2.05, 4.69) is 10.1 Å². The average molecular weight is 309 g/mol. The molecule has 0 aromatic heterocycles. The molecule has 3 rings (SSSR count). The summed E-state index contributed by atoms with van der Waals surface area (Å²) in [4.78, 5) is 0. The lowest BCUT2D eigenvalue weighted by Gasteiger charge is -2.13. The van der Waals surface area contributed by atoms with Gasteiger partial charge in [0.1, 0.15) is 11.5 Å². The lowest BCUT2D eigenvalue weighted by Crippen LogP contribution is -2.17. The van der Waals surface area contributed by atoms with E-state index in [-0.39, 0.29) is 11.8 Å². The van der Waals surface area contributed by atoms with Gasteiger partial charge in [-0.25, -0.2) is 0 Å². The number of alkyl halides is 3. The standard InChI is InChI=1S/C16H14F3NO2/c1-21-13-7-4-11-8-14(20-15(11)9-13)10-2-5-12(6-3-10)22-16(17,18)19/h2-7,9,14,20H,8H2,1H3. The molecule has 1 atom stereocenters. The fourth-order valence-electron chi connectivity index (χ4n) is 2.56. The predicted molar refractivity (Wildman–Crippen MR) is 76.2 cm³/mol. The summed E-state index contributed by atoms with van der Waals surface area (Å²) in [6.07, 6.45) is -3.89. The lowest BCUT2D eigenvalue weighted by atomic mass is 10.0. The van der Waals surface area contributed by atoms with Crippen molar-refractivity contribution in [2.45, 2.75) is 18.8 Å². The SMILES string of the molecule is COc1ccc2c(c1)NC(c1ccc(OC(F)(F)F)cc1)C2. The molecule has 0 fully saturated rings. The minimum absolute atomic E-state index is 0.0297. The molecule has 2 aromatic carbocycles. The molecule has 22 heavy (non-hydrogen) atoms. The molecule has 1 heterocycles. The number of fused-ring (bicyclic) bond motifs is 1. The van der Waals surface area contributed by atoms with Gasteiger partial charge in [-0.3, -0.25) is 0 Å². The van der Waals surface area contributed by atoms with Gasteiger partial charge in [0.15, 0.2) is 0 Å². The number of hydrogen-bond acceptors (Lipinski definition) is 3. The predicted octanol–water partition coefficient (Wildman–Crippen LogP) is 4.30. The highest BCUT2D eigenvalue weighted by Crippen LogP contribution is 2.37. The van der Waals surface area contributed by atoms with E-state index in [0.29, 0.717) is 0 Å². The molecule has 1 aliphatic rings. The Balaban J connectivity index is 1.74. The van der Waals surface area contributed by atoms with E-state index in [4.69, 9.17) is 4.74 Å². The van der Waals surface area contributed by atoms with Crippen LogP contribution in [-0.4, -0.2) is 13.5 Å². The molecule has 1 N–H and O–H groups in total. The van der Waals surface area contributed by atoms with Crippen LogP contribution in [0.5, 0.6) is 11.5 Å². The van der Waals surface area contributed by atoms with Crippen molar-refractivity contribution in [1.29, 1.82) is 0 Å². The molecule has 2 aromatic rings. The topological polar surface area (TPSA) is 30.5 Å². The van der Waals surface area contributed by atoms with Gasteiger partial charge in [-0.15, -0.1) is 13.2 Å². The van der Waals surface area contributed by atoms with Gasteiger partial charge in [-0.1, -0.05) is 18.2 Å². The molecular weight excluding hydrogens is 295 g/mol. The first-order valence-corrected chi connectivity index (χ1v) is 6.74. The molecule has 0 saturated carbocycles. The van der Waals surface area contributed by atoms with Crippen molar-refractivity contribution in [2.75, 3.05) is 12.4 Å². The fraction of sp³-hybridized carbons (Fsp3) is 0.250. The van der Waals surface area contributed by atoms with Crippen LogP contribution < -0.4 is 14.8 Å². The van der Waals surface area contributed by atoms with Crippen molar-refractivity contribution in [1.82, 2.24) is 0 Å². The second-order valence-corrected chi connectivity index (χ2v) is 5.04. The van der Waals surface area contributed by atoms with Gasteiger partial charge in [0.25, 0.3) is 0 Å². The highest BCUT2D eigenvalue weighted by molar-refractivity contribution is 5.61. The maximum Gasteiger partial charge on any atom is 0.573 e. The zero-order valence-electron chi connectivity index (χ0n) is 11.8. The minimum Gasteiger partial charge on any atom is -0.497 e. The van der Waals surface area contributed by atoms with Gasteiger partial charge < -0.3 is 14.8 Å². The first-order valence-electron chi connectivity index (χ1n) is 6.74. The molecule has 0 spiro atoms. The highest BCUT2D eigenvalue weighted by Gasteiger charge is 2.31. The first-order chi connectivity index (χ1) is 10.4. The molecule has 0 radical (unpaired) electrons. The molecule has 0 saturated heterocycles. The van der Waals surface area contributed by atoms with Crippen molar-refractivity contribution < 1.29 is 22.6 Å². The van der Waals surface area contributed by atoms with Crippen LogP contribution in [0.1, 0.15) is 17.2 Å². The van der Waals surface area contributed by atoms with Crippen LogP contribution in [0, 0.1) is 0 Å². The summed E-state index contributed by atoms with van der Waals surface area (Å²) in [5.74, 6) is 0.550. The van der Waals surface area contributed by atoms with Gasteiger partial charge in [0, 0.05) is 11.8 Å². The average Bonchev–Trinajstić information content (AvgIpc) is 2.89. The van der Waals surface area contributed by atoms with E-state index >= 15 is 0 Å². The lowest BCUT2D eigenvalue weighted by molar-refractivity contribution is -0.274. The minimum atomic E-state index is -4.67. The number of rotatable bonds is 3. The molecule has 0 amide bonds. The Kier molecular flexibility index (Phi) is 3.60. The van der Waals surface area contributed by atoms with Crippen LogP contribution in [0.2, 0.25) is 0 Å². The van der Waals surface area contributed by atoms with E-state index in [1.165, 1.54) is 12.1 Å². The quantitative estimate of drug-likeness (QED) is 0.917. The molecule has 116 valence electrons. The summed E-state index contributed by atoms with van der Waals surface area (Å²) in [6.45, 7) is 0. The Morgan fingerprint density at radius 3 is 2.36 bits per heavy atom. The number of halogens is 3. The van der Waals surface area contributed by atoms with E-state index in [0.717, 1.165) is 29.0 Å². The third-order valence-electron chi connectivity index (χ3n) is 3.59. The van der Waals surface area contributed by atoms with Crippen LogP contribution >= 0.6 is 0 Å². The number of ether oxygens (including phenoxy) is 2. The van der Waals surface area contributed by atoms with Crippen LogP contribution in [0.25, 0.3) is 0 Å². The molecule has 6 heteroatoms. The normalized spacial score (nSPS) is 16.8. The van der Waals surface area contributed by atoms with Crippen molar-refractivity contribution >= 4 is 5.69 Å². The number of benzene rings is 2.